The number of hydrogen-bond donors (Lipinski definition) is 1. The molecule has 4 nitrogen and oxygen atoms in total. The van der Waals surface area contributed by atoms with Crippen molar-refractivity contribution in [2.45, 2.75) is 13.2 Å². The highest BCUT2D eigenvalue weighted by molar-refractivity contribution is 6.33. The van der Waals surface area contributed by atoms with Crippen LogP contribution in [0.2, 0.25) is 5.02 Å². The topological polar surface area (TPSA) is 55.5 Å². The van der Waals surface area contributed by atoms with Gasteiger partial charge in [0.25, 0.3) is 0 Å². The predicted octanol–water partition coefficient (Wildman–Crippen LogP) is 2.38. The van der Waals surface area contributed by atoms with Gasteiger partial charge in [-0.1, -0.05) is 22.8 Å². The van der Waals surface area contributed by atoms with Gasteiger partial charge in [-0.2, -0.15) is 0 Å². The largest absolute Gasteiger partial charge is 0.488 e. The molecule has 0 fully saturated rings. The molecule has 5 heteroatoms. The summed E-state index contributed by atoms with van der Waals surface area (Å²) in [5.74, 6) is 1.12. The van der Waals surface area contributed by atoms with Crippen molar-refractivity contribution in [1.82, 2.24) is 5.16 Å². The molecule has 0 radical (unpaired) electrons. The van der Waals surface area contributed by atoms with E-state index in [2.05, 4.69) is 5.16 Å². The molecule has 82 valence electrons. The summed E-state index contributed by atoms with van der Waals surface area (Å²) >= 11 is 6.10. The lowest BCUT2D eigenvalue weighted by molar-refractivity contribution is 0.222. The first-order valence-electron chi connectivity index (χ1n) is 4.81. The summed E-state index contributed by atoms with van der Waals surface area (Å²) in [5.41, 5.74) is 2.16. The fourth-order valence-electron chi connectivity index (χ4n) is 1.82. The van der Waals surface area contributed by atoms with Crippen molar-refractivity contribution in [2.24, 2.45) is 0 Å². The molecule has 2 heterocycles. The van der Waals surface area contributed by atoms with Gasteiger partial charge in [-0.25, -0.2) is 0 Å². The van der Waals surface area contributed by atoms with Gasteiger partial charge < -0.3 is 14.4 Å². The van der Waals surface area contributed by atoms with Crippen LogP contribution in [0.5, 0.6) is 5.75 Å². The van der Waals surface area contributed by atoms with Crippen LogP contribution in [-0.4, -0.2) is 10.3 Å². The number of benzene rings is 1. The number of halogens is 1. The Hall–Kier alpha value is -1.52. The van der Waals surface area contributed by atoms with Crippen LogP contribution < -0.4 is 4.74 Å². The summed E-state index contributed by atoms with van der Waals surface area (Å²) < 4.78 is 10.6. The van der Waals surface area contributed by atoms with Gasteiger partial charge in [0.15, 0.2) is 5.76 Å². The Kier molecular flexibility index (Phi) is 2.12. The standard InChI is InChI=1S/C11H8ClNO3/c12-7-2-1-3-8-10(7)11-6(5-15-8)9(4-14)16-13-11/h1-3,14H,4-5H2. The van der Waals surface area contributed by atoms with Gasteiger partial charge in [0.2, 0.25) is 0 Å². The van der Waals surface area contributed by atoms with Gasteiger partial charge in [-0.05, 0) is 12.1 Å². The van der Waals surface area contributed by atoms with E-state index < -0.39 is 0 Å². The SMILES string of the molecule is OCc1onc2c1COc1cccc(Cl)c1-2. The first-order valence-corrected chi connectivity index (χ1v) is 5.19. The van der Waals surface area contributed by atoms with Crippen molar-refractivity contribution in [3.05, 3.63) is 34.5 Å². The van der Waals surface area contributed by atoms with E-state index in [1.807, 2.05) is 12.1 Å². The van der Waals surface area contributed by atoms with Crippen LogP contribution in [-0.2, 0) is 13.2 Å². The van der Waals surface area contributed by atoms with E-state index >= 15 is 0 Å². The quantitative estimate of drug-likeness (QED) is 0.827. The fraction of sp³-hybridized carbons (Fsp3) is 0.182. The zero-order chi connectivity index (χ0) is 11.1. The van der Waals surface area contributed by atoms with E-state index in [0.29, 0.717) is 28.8 Å². The van der Waals surface area contributed by atoms with Gasteiger partial charge in [0.05, 0.1) is 16.1 Å². The summed E-state index contributed by atoms with van der Waals surface area (Å²) in [4.78, 5) is 0. The molecule has 1 aliphatic heterocycles. The summed E-state index contributed by atoms with van der Waals surface area (Å²) in [7, 11) is 0. The molecule has 0 spiro atoms. The maximum absolute atomic E-state index is 9.08. The number of nitrogens with zero attached hydrogens (tertiary/aromatic N) is 1. The highest BCUT2D eigenvalue weighted by Gasteiger charge is 2.26. The van der Waals surface area contributed by atoms with Crippen LogP contribution in [0.1, 0.15) is 11.3 Å². The molecule has 2 aromatic rings. The second-order valence-corrected chi connectivity index (χ2v) is 3.90. The average Bonchev–Trinajstić information content (AvgIpc) is 2.72. The number of fused-ring (bicyclic) bond motifs is 3. The smallest absolute Gasteiger partial charge is 0.169 e. The van der Waals surface area contributed by atoms with Crippen LogP contribution in [0.3, 0.4) is 0 Å². The van der Waals surface area contributed by atoms with Gasteiger partial charge in [0.1, 0.15) is 24.7 Å². The van der Waals surface area contributed by atoms with Crippen LogP contribution in [0.4, 0.5) is 0 Å². The number of aliphatic hydroxyl groups is 1. The molecule has 0 unspecified atom stereocenters. The molecular weight excluding hydrogens is 230 g/mol. The van der Waals surface area contributed by atoms with E-state index in [9.17, 15) is 0 Å². The molecule has 1 aromatic carbocycles. The molecule has 1 aliphatic rings. The molecule has 1 N–H and O–H groups in total. The minimum Gasteiger partial charge on any atom is -0.488 e. The number of ether oxygens (including phenoxy) is 1. The molecule has 1 aromatic heterocycles. The van der Waals surface area contributed by atoms with E-state index in [-0.39, 0.29) is 6.61 Å². The Balaban J connectivity index is 2.26. The minimum atomic E-state index is -0.189. The summed E-state index contributed by atoms with van der Waals surface area (Å²) in [6.07, 6.45) is 0. The number of aromatic nitrogens is 1. The third-order valence-corrected chi connectivity index (χ3v) is 2.91. The Bertz CT molecular complexity index is 550. The Morgan fingerprint density at radius 2 is 2.31 bits per heavy atom. The lowest BCUT2D eigenvalue weighted by atomic mass is 10.0. The van der Waals surface area contributed by atoms with Crippen LogP contribution in [0.25, 0.3) is 11.3 Å². The van der Waals surface area contributed by atoms with Crippen molar-refractivity contribution in [1.29, 1.82) is 0 Å². The highest BCUT2D eigenvalue weighted by atomic mass is 35.5. The lowest BCUT2D eigenvalue weighted by Gasteiger charge is -2.17. The number of aliphatic hydroxyl groups excluding tert-OH is 1. The molecule has 0 aliphatic carbocycles. The van der Waals surface area contributed by atoms with Crippen molar-refractivity contribution in [3.8, 4) is 17.0 Å². The van der Waals surface area contributed by atoms with Gasteiger partial charge in [-0.15, -0.1) is 0 Å². The molecule has 0 saturated carbocycles. The summed E-state index contributed by atoms with van der Waals surface area (Å²) in [5, 5.41) is 13.6. The van der Waals surface area contributed by atoms with Gasteiger partial charge in [0, 0.05) is 0 Å². The maximum Gasteiger partial charge on any atom is 0.169 e. The van der Waals surface area contributed by atoms with Crippen LogP contribution >= 0.6 is 11.6 Å². The van der Waals surface area contributed by atoms with Crippen molar-refractivity contribution in [3.63, 3.8) is 0 Å². The third kappa shape index (κ3) is 1.24. The van der Waals surface area contributed by atoms with Gasteiger partial charge in [-0.3, -0.25) is 0 Å². The minimum absolute atomic E-state index is 0.189. The molecule has 0 atom stereocenters. The Morgan fingerprint density at radius 1 is 1.44 bits per heavy atom. The molecular formula is C11H8ClNO3. The third-order valence-electron chi connectivity index (χ3n) is 2.60. The first-order chi connectivity index (χ1) is 7.81. The van der Waals surface area contributed by atoms with Crippen molar-refractivity contribution in [2.75, 3.05) is 0 Å². The normalized spacial score (nSPS) is 12.9. The lowest BCUT2D eigenvalue weighted by Crippen LogP contribution is -2.06. The second-order valence-electron chi connectivity index (χ2n) is 3.49. The van der Waals surface area contributed by atoms with Crippen molar-refractivity contribution >= 4 is 11.6 Å². The van der Waals surface area contributed by atoms with Crippen molar-refractivity contribution < 1.29 is 14.4 Å². The molecule has 3 rings (SSSR count). The summed E-state index contributed by atoms with van der Waals surface area (Å²) in [6, 6.07) is 5.42. The van der Waals surface area contributed by atoms with Gasteiger partial charge >= 0.3 is 0 Å². The predicted molar refractivity (Wildman–Crippen MR) is 57.2 cm³/mol. The molecule has 0 amide bonds. The van der Waals surface area contributed by atoms with E-state index in [1.165, 1.54) is 0 Å². The molecule has 0 saturated heterocycles. The summed E-state index contributed by atoms with van der Waals surface area (Å²) in [6.45, 7) is 0.160. The van der Waals surface area contributed by atoms with E-state index in [1.54, 1.807) is 6.07 Å². The van der Waals surface area contributed by atoms with Crippen LogP contribution in [0.15, 0.2) is 22.7 Å². The Morgan fingerprint density at radius 3 is 3.12 bits per heavy atom. The highest BCUT2D eigenvalue weighted by Crippen LogP contribution is 2.42. The number of rotatable bonds is 1. The average molecular weight is 238 g/mol. The molecule has 16 heavy (non-hydrogen) atoms. The first kappa shape index (κ1) is 9.69. The number of hydrogen-bond acceptors (Lipinski definition) is 4. The second kappa shape index (κ2) is 3.50. The maximum atomic E-state index is 9.08. The van der Waals surface area contributed by atoms with Crippen LogP contribution in [0, 0.1) is 0 Å². The van der Waals surface area contributed by atoms with E-state index in [0.717, 1.165) is 11.1 Å². The fourth-order valence-corrected chi connectivity index (χ4v) is 2.07. The molecule has 0 bridgehead atoms. The zero-order valence-electron chi connectivity index (χ0n) is 8.24. The monoisotopic (exact) mass is 237 g/mol. The zero-order valence-corrected chi connectivity index (χ0v) is 8.99. The van der Waals surface area contributed by atoms with E-state index in [4.69, 9.17) is 26.0 Å². The Labute approximate surface area is 96.4 Å².